The van der Waals surface area contributed by atoms with Gasteiger partial charge in [0.05, 0.1) is 25.1 Å². The summed E-state index contributed by atoms with van der Waals surface area (Å²) in [6.45, 7) is 3.73. The molecule has 176 valence electrons. The van der Waals surface area contributed by atoms with Gasteiger partial charge in [-0.15, -0.1) is 0 Å². The fraction of sp³-hybridized carbons (Fsp3) is 0.208. The Morgan fingerprint density at radius 1 is 1.12 bits per heavy atom. The first kappa shape index (κ1) is 23.1. The maximum absolute atomic E-state index is 14.0. The minimum absolute atomic E-state index is 0.00867. The summed E-state index contributed by atoms with van der Waals surface area (Å²) in [5.41, 5.74) is 1.98. The standard InChI is InChI=1S/C24H21F3N4O3/c1-5-34-24(32)18-11-20-28-17(14-9-15(25)22(27)16(26)10-14)12-21(31(20)29-18)30(3)23-13(2)7-6-8-19(23)33-4/h6-12H,5H2,1-4H3. The van der Waals surface area contributed by atoms with Crippen molar-refractivity contribution in [3.05, 3.63) is 71.2 Å². The van der Waals surface area contributed by atoms with Crippen LogP contribution in [0.2, 0.25) is 0 Å². The summed E-state index contributed by atoms with van der Waals surface area (Å²) in [7, 11) is 3.29. The van der Waals surface area contributed by atoms with Crippen molar-refractivity contribution in [1.82, 2.24) is 14.6 Å². The summed E-state index contributed by atoms with van der Waals surface area (Å²) < 4.78 is 53.4. The van der Waals surface area contributed by atoms with Crippen LogP contribution in [0.3, 0.4) is 0 Å². The molecule has 0 aliphatic heterocycles. The van der Waals surface area contributed by atoms with Crippen LogP contribution >= 0.6 is 0 Å². The molecule has 2 heterocycles. The summed E-state index contributed by atoms with van der Waals surface area (Å²) in [5, 5.41) is 4.34. The smallest absolute Gasteiger partial charge is 0.358 e. The van der Waals surface area contributed by atoms with Crippen molar-refractivity contribution in [3.63, 3.8) is 0 Å². The van der Waals surface area contributed by atoms with E-state index in [9.17, 15) is 18.0 Å². The van der Waals surface area contributed by atoms with Gasteiger partial charge in [0, 0.05) is 24.7 Å². The van der Waals surface area contributed by atoms with E-state index >= 15 is 0 Å². The summed E-state index contributed by atoms with van der Waals surface area (Å²) in [6.07, 6.45) is 0. The summed E-state index contributed by atoms with van der Waals surface area (Å²) in [6, 6.07) is 10.2. The number of hydrogen-bond acceptors (Lipinski definition) is 6. The van der Waals surface area contributed by atoms with Crippen LogP contribution in [0.15, 0.2) is 42.5 Å². The number of methoxy groups -OCH3 is 1. The van der Waals surface area contributed by atoms with Gasteiger partial charge in [0.1, 0.15) is 11.6 Å². The molecule has 0 atom stereocenters. The number of para-hydroxylation sites is 1. The van der Waals surface area contributed by atoms with Crippen LogP contribution in [0, 0.1) is 24.4 Å². The second-order valence-electron chi connectivity index (χ2n) is 7.46. The number of carbonyl (C=O) groups is 1. The first-order valence-electron chi connectivity index (χ1n) is 10.3. The zero-order valence-electron chi connectivity index (χ0n) is 18.9. The summed E-state index contributed by atoms with van der Waals surface area (Å²) in [4.78, 5) is 18.5. The second kappa shape index (κ2) is 9.05. The van der Waals surface area contributed by atoms with Gasteiger partial charge in [-0.05, 0) is 37.6 Å². The minimum atomic E-state index is -1.57. The molecule has 7 nitrogen and oxygen atoms in total. The highest BCUT2D eigenvalue weighted by Gasteiger charge is 2.22. The van der Waals surface area contributed by atoms with E-state index in [0.717, 1.165) is 17.7 Å². The summed E-state index contributed by atoms with van der Waals surface area (Å²) >= 11 is 0. The Bertz CT molecular complexity index is 1380. The third-order valence-corrected chi connectivity index (χ3v) is 5.27. The molecule has 0 saturated carbocycles. The van der Waals surface area contributed by atoms with Crippen LogP contribution in [0.5, 0.6) is 5.75 Å². The Morgan fingerprint density at radius 3 is 2.47 bits per heavy atom. The van der Waals surface area contributed by atoms with E-state index in [1.165, 1.54) is 23.8 Å². The van der Waals surface area contributed by atoms with Crippen LogP contribution in [0.1, 0.15) is 23.0 Å². The van der Waals surface area contributed by atoms with Gasteiger partial charge in [-0.2, -0.15) is 9.61 Å². The van der Waals surface area contributed by atoms with Crippen LogP contribution in [-0.2, 0) is 4.74 Å². The number of rotatable bonds is 6. The van der Waals surface area contributed by atoms with Crippen molar-refractivity contribution in [2.24, 2.45) is 0 Å². The van der Waals surface area contributed by atoms with E-state index in [0.29, 0.717) is 17.3 Å². The van der Waals surface area contributed by atoms with Crippen molar-refractivity contribution in [3.8, 4) is 17.0 Å². The molecular weight excluding hydrogens is 449 g/mol. The lowest BCUT2D eigenvalue weighted by Gasteiger charge is -2.24. The molecule has 0 amide bonds. The van der Waals surface area contributed by atoms with E-state index in [2.05, 4.69) is 10.1 Å². The number of aromatic nitrogens is 3. The van der Waals surface area contributed by atoms with E-state index < -0.39 is 23.4 Å². The van der Waals surface area contributed by atoms with E-state index in [1.54, 1.807) is 24.9 Å². The molecule has 0 saturated heterocycles. The van der Waals surface area contributed by atoms with Crippen LogP contribution < -0.4 is 9.64 Å². The average Bonchev–Trinajstić information content (AvgIpc) is 3.25. The number of ether oxygens (including phenoxy) is 2. The van der Waals surface area contributed by atoms with Crippen molar-refractivity contribution in [2.75, 3.05) is 25.7 Å². The number of aryl methyl sites for hydroxylation is 1. The number of nitrogens with zero attached hydrogens (tertiary/aromatic N) is 4. The molecule has 0 aliphatic carbocycles. The molecule has 0 aliphatic rings. The third-order valence-electron chi connectivity index (χ3n) is 5.27. The number of benzene rings is 2. The predicted molar refractivity (Wildman–Crippen MR) is 120 cm³/mol. The minimum Gasteiger partial charge on any atom is -0.495 e. The first-order valence-corrected chi connectivity index (χ1v) is 10.3. The number of hydrogen-bond donors (Lipinski definition) is 0. The highest BCUT2D eigenvalue weighted by atomic mass is 19.2. The molecule has 10 heteroatoms. The maximum atomic E-state index is 14.0. The SMILES string of the molecule is CCOC(=O)c1cc2nc(-c3cc(F)c(F)c(F)c3)cc(N(C)c3c(C)cccc3OC)n2n1. The van der Waals surface area contributed by atoms with Gasteiger partial charge in [-0.1, -0.05) is 12.1 Å². The molecule has 2 aromatic heterocycles. The van der Waals surface area contributed by atoms with Gasteiger partial charge >= 0.3 is 5.97 Å². The number of fused-ring (bicyclic) bond motifs is 1. The average molecular weight is 470 g/mol. The van der Waals surface area contributed by atoms with Crippen molar-refractivity contribution in [1.29, 1.82) is 0 Å². The molecule has 0 spiro atoms. The lowest BCUT2D eigenvalue weighted by molar-refractivity contribution is 0.0519. The van der Waals surface area contributed by atoms with Gasteiger partial charge in [0.15, 0.2) is 28.8 Å². The van der Waals surface area contributed by atoms with Crippen molar-refractivity contribution < 1.29 is 27.4 Å². The van der Waals surface area contributed by atoms with Gasteiger partial charge in [-0.3, -0.25) is 0 Å². The van der Waals surface area contributed by atoms with Crippen LogP contribution in [-0.4, -0.2) is 41.3 Å². The third kappa shape index (κ3) is 4.02. The fourth-order valence-corrected chi connectivity index (χ4v) is 3.69. The van der Waals surface area contributed by atoms with Crippen LogP contribution in [0.25, 0.3) is 16.9 Å². The van der Waals surface area contributed by atoms with Gasteiger partial charge < -0.3 is 14.4 Å². The molecular formula is C24H21F3N4O3. The fourth-order valence-electron chi connectivity index (χ4n) is 3.69. The van der Waals surface area contributed by atoms with Crippen molar-refractivity contribution >= 4 is 23.1 Å². The molecule has 0 bridgehead atoms. The Balaban J connectivity index is 1.98. The molecule has 0 radical (unpaired) electrons. The number of anilines is 2. The lowest BCUT2D eigenvalue weighted by Crippen LogP contribution is -2.17. The quantitative estimate of drug-likeness (QED) is 0.289. The number of halogens is 3. The van der Waals surface area contributed by atoms with Crippen LogP contribution in [0.4, 0.5) is 24.7 Å². The predicted octanol–water partition coefficient (Wildman–Crippen LogP) is 5.08. The molecule has 0 unspecified atom stereocenters. The highest BCUT2D eigenvalue weighted by molar-refractivity contribution is 5.89. The van der Waals surface area contributed by atoms with E-state index in [4.69, 9.17) is 9.47 Å². The molecule has 0 fully saturated rings. The van der Waals surface area contributed by atoms with Gasteiger partial charge in [-0.25, -0.2) is 22.9 Å². The Kier molecular flexibility index (Phi) is 6.14. The molecule has 4 rings (SSSR count). The maximum Gasteiger partial charge on any atom is 0.358 e. The first-order chi connectivity index (χ1) is 16.2. The molecule has 0 N–H and O–H groups in total. The van der Waals surface area contributed by atoms with Gasteiger partial charge in [0.25, 0.3) is 0 Å². The Morgan fingerprint density at radius 2 is 1.82 bits per heavy atom. The molecule has 4 aromatic rings. The molecule has 2 aromatic carbocycles. The number of esters is 1. The normalized spacial score (nSPS) is 11.0. The Labute approximate surface area is 193 Å². The second-order valence-corrected chi connectivity index (χ2v) is 7.46. The lowest BCUT2D eigenvalue weighted by atomic mass is 10.1. The summed E-state index contributed by atoms with van der Waals surface area (Å²) in [5.74, 6) is -3.91. The largest absolute Gasteiger partial charge is 0.495 e. The van der Waals surface area contributed by atoms with Crippen molar-refractivity contribution in [2.45, 2.75) is 13.8 Å². The molecule has 34 heavy (non-hydrogen) atoms. The zero-order valence-corrected chi connectivity index (χ0v) is 18.9. The van der Waals surface area contributed by atoms with Gasteiger partial charge in [0.2, 0.25) is 0 Å². The zero-order chi connectivity index (χ0) is 24.6. The van der Waals surface area contributed by atoms with E-state index in [-0.39, 0.29) is 29.2 Å². The topological polar surface area (TPSA) is 69.0 Å². The number of carbonyl (C=O) groups excluding carboxylic acids is 1. The monoisotopic (exact) mass is 470 g/mol. The Hall–Kier alpha value is -4.08. The highest BCUT2D eigenvalue weighted by Crippen LogP contribution is 2.37. The van der Waals surface area contributed by atoms with E-state index in [1.807, 2.05) is 19.1 Å².